The molecule has 1 aromatic rings. The highest BCUT2D eigenvalue weighted by Gasteiger charge is 2.25. The van der Waals surface area contributed by atoms with E-state index in [1.165, 1.54) is 0 Å². The van der Waals surface area contributed by atoms with Crippen LogP contribution in [0.3, 0.4) is 0 Å². The van der Waals surface area contributed by atoms with Crippen molar-refractivity contribution in [2.45, 2.75) is 32.4 Å². The molecule has 2 heterocycles. The molecule has 1 atom stereocenters. The molecule has 1 aliphatic rings. The van der Waals surface area contributed by atoms with E-state index in [-0.39, 0.29) is 12.0 Å². The number of esters is 1. The topological polar surface area (TPSA) is 63.2 Å². The molecule has 1 fully saturated rings. The fraction of sp³-hybridized carbons (Fsp3) is 0.571. The molecule has 1 aromatic heterocycles. The van der Waals surface area contributed by atoms with E-state index in [1.807, 2.05) is 39.0 Å². The molecule has 106 valence electrons. The Labute approximate surface area is 114 Å². The van der Waals surface area contributed by atoms with Gasteiger partial charge in [0.1, 0.15) is 11.6 Å². The molecule has 5 heteroatoms. The second-order valence-electron chi connectivity index (χ2n) is 5.27. The highest BCUT2D eigenvalue weighted by atomic mass is 16.6. The summed E-state index contributed by atoms with van der Waals surface area (Å²) in [5.41, 5.74) is -0.393. The summed E-state index contributed by atoms with van der Waals surface area (Å²) in [6, 6.07) is 5.53. The summed E-state index contributed by atoms with van der Waals surface area (Å²) >= 11 is 0. The molecule has 0 amide bonds. The third-order valence-electron chi connectivity index (χ3n) is 2.30. The molecule has 0 spiro atoms. The summed E-state index contributed by atoms with van der Waals surface area (Å²) < 4.78 is 5.24. The number of hydrogen-bond acceptors (Lipinski definition) is 5. The van der Waals surface area contributed by atoms with Crippen LogP contribution in [0.25, 0.3) is 0 Å². The van der Waals surface area contributed by atoms with Gasteiger partial charge in [0.15, 0.2) is 0 Å². The lowest BCUT2D eigenvalue weighted by molar-refractivity contribution is -0.157. The molecule has 1 aliphatic heterocycles. The predicted molar refractivity (Wildman–Crippen MR) is 74.7 cm³/mol. The van der Waals surface area contributed by atoms with Crippen molar-refractivity contribution < 1.29 is 9.53 Å². The number of rotatable bonds is 1. The summed E-state index contributed by atoms with van der Waals surface area (Å²) in [5.74, 6) is -0.167. The summed E-state index contributed by atoms with van der Waals surface area (Å²) in [6.07, 6.45) is 3.50. The fourth-order valence-corrected chi connectivity index (χ4v) is 1.51. The van der Waals surface area contributed by atoms with Gasteiger partial charge in [0, 0.05) is 32.0 Å². The third-order valence-corrected chi connectivity index (χ3v) is 2.30. The average molecular weight is 265 g/mol. The van der Waals surface area contributed by atoms with Crippen LogP contribution in [0.1, 0.15) is 20.8 Å². The van der Waals surface area contributed by atoms with Crippen LogP contribution in [0.2, 0.25) is 0 Å². The SMILES string of the molecule is CC(C)(C)OC(=O)[C@@H]1CNCCN1.c1ccncc1. The van der Waals surface area contributed by atoms with Crippen LogP contribution in [-0.2, 0) is 9.53 Å². The Morgan fingerprint density at radius 2 is 1.89 bits per heavy atom. The van der Waals surface area contributed by atoms with Gasteiger partial charge in [-0.1, -0.05) is 6.07 Å². The standard InChI is InChI=1S/C9H18N2O2.C5H5N/c1-9(2,3)13-8(12)7-6-10-4-5-11-7;1-2-4-6-5-3-1/h7,10-11H,4-6H2,1-3H3;1-5H/t7-;/m0./s1. The van der Waals surface area contributed by atoms with Crippen molar-refractivity contribution in [3.05, 3.63) is 30.6 Å². The Morgan fingerprint density at radius 1 is 1.21 bits per heavy atom. The smallest absolute Gasteiger partial charge is 0.324 e. The first-order chi connectivity index (χ1) is 8.99. The Hall–Kier alpha value is -1.46. The number of piperazine rings is 1. The zero-order valence-electron chi connectivity index (χ0n) is 11.8. The lowest BCUT2D eigenvalue weighted by atomic mass is 10.2. The van der Waals surface area contributed by atoms with Crippen molar-refractivity contribution in [3.63, 3.8) is 0 Å². The molecule has 1 saturated heterocycles. The molecule has 0 aromatic carbocycles. The highest BCUT2D eigenvalue weighted by Crippen LogP contribution is 2.08. The van der Waals surface area contributed by atoms with Crippen molar-refractivity contribution >= 4 is 5.97 Å². The molecule has 0 saturated carbocycles. The quantitative estimate of drug-likeness (QED) is 0.741. The lowest BCUT2D eigenvalue weighted by Gasteiger charge is -2.27. The summed E-state index contributed by atoms with van der Waals surface area (Å²) in [4.78, 5) is 15.3. The molecule has 5 nitrogen and oxygen atoms in total. The number of nitrogens with one attached hydrogen (secondary N) is 2. The maximum absolute atomic E-state index is 11.5. The van der Waals surface area contributed by atoms with Gasteiger partial charge in [0.05, 0.1) is 0 Å². The first-order valence-electron chi connectivity index (χ1n) is 6.51. The Kier molecular flexibility index (Phi) is 6.45. The maximum Gasteiger partial charge on any atom is 0.324 e. The predicted octanol–water partition coefficient (Wildman–Crippen LogP) is 0.971. The van der Waals surface area contributed by atoms with E-state index in [4.69, 9.17) is 4.74 Å². The number of pyridine rings is 1. The lowest BCUT2D eigenvalue weighted by Crippen LogP contribution is -2.53. The van der Waals surface area contributed by atoms with Gasteiger partial charge >= 0.3 is 5.97 Å². The third kappa shape index (κ3) is 7.54. The zero-order valence-corrected chi connectivity index (χ0v) is 11.8. The van der Waals surface area contributed by atoms with Crippen LogP contribution < -0.4 is 10.6 Å². The van der Waals surface area contributed by atoms with Gasteiger partial charge in [0.25, 0.3) is 0 Å². The molecule has 2 rings (SSSR count). The van der Waals surface area contributed by atoms with Crippen LogP contribution in [0.4, 0.5) is 0 Å². The van der Waals surface area contributed by atoms with E-state index in [1.54, 1.807) is 12.4 Å². The Morgan fingerprint density at radius 3 is 2.26 bits per heavy atom. The van der Waals surface area contributed by atoms with Gasteiger partial charge < -0.3 is 15.4 Å². The maximum atomic E-state index is 11.5. The number of nitrogens with zero attached hydrogens (tertiary/aromatic N) is 1. The van der Waals surface area contributed by atoms with Gasteiger partial charge in [0.2, 0.25) is 0 Å². The van der Waals surface area contributed by atoms with Crippen molar-refractivity contribution in [3.8, 4) is 0 Å². The minimum absolute atomic E-state index is 0.167. The molecule has 19 heavy (non-hydrogen) atoms. The number of carbonyl (C=O) groups is 1. The fourth-order valence-electron chi connectivity index (χ4n) is 1.51. The van der Waals surface area contributed by atoms with Crippen LogP contribution in [0, 0.1) is 0 Å². The van der Waals surface area contributed by atoms with Crippen LogP contribution in [0.15, 0.2) is 30.6 Å². The van der Waals surface area contributed by atoms with Gasteiger partial charge in [-0.25, -0.2) is 0 Å². The van der Waals surface area contributed by atoms with Crippen LogP contribution >= 0.6 is 0 Å². The van der Waals surface area contributed by atoms with Crippen molar-refractivity contribution in [1.82, 2.24) is 15.6 Å². The van der Waals surface area contributed by atoms with Gasteiger partial charge in [-0.2, -0.15) is 0 Å². The van der Waals surface area contributed by atoms with E-state index in [2.05, 4.69) is 15.6 Å². The van der Waals surface area contributed by atoms with E-state index in [0.29, 0.717) is 6.54 Å². The average Bonchev–Trinajstić information content (AvgIpc) is 2.40. The van der Waals surface area contributed by atoms with E-state index < -0.39 is 5.60 Å². The summed E-state index contributed by atoms with van der Waals surface area (Å²) in [5, 5.41) is 6.24. The first-order valence-corrected chi connectivity index (χ1v) is 6.51. The van der Waals surface area contributed by atoms with Crippen molar-refractivity contribution in [2.75, 3.05) is 19.6 Å². The van der Waals surface area contributed by atoms with E-state index in [0.717, 1.165) is 13.1 Å². The van der Waals surface area contributed by atoms with Gasteiger partial charge in [-0.15, -0.1) is 0 Å². The van der Waals surface area contributed by atoms with E-state index in [9.17, 15) is 4.79 Å². The Bertz CT molecular complexity index is 330. The molecule has 0 radical (unpaired) electrons. The number of carbonyl (C=O) groups excluding carboxylic acids is 1. The Balaban J connectivity index is 0.000000250. The second kappa shape index (κ2) is 7.86. The molecule has 2 N–H and O–H groups in total. The van der Waals surface area contributed by atoms with E-state index >= 15 is 0 Å². The minimum Gasteiger partial charge on any atom is -0.459 e. The minimum atomic E-state index is -0.393. The number of ether oxygens (including phenoxy) is 1. The summed E-state index contributed by atoms with van der Waals surface area (Å²) in [6.45, 7) is 8.03. The molecule has 0 aliphatic carbocycles. The van der Waals surface area contributed by atoms with Gasteiger partial charge in [-0.05, 0) is 32.9 Å². The van der Waals surface area contributed by atoms with Crippen molar-refractivity contribution in [1.29, 1.82) is 0 Å². The van der Waals surface area contributed by atoms with Crippen LogP contribution in [0.5, 0.6) is 0 Å². The van der Waals surface area contributed by atoms with Crippen molar-refractivity contribution in [2.24, 2.45) is 0 Å². The zero-order chi connectivity index (χ0) is 14.1. The van der Waals surface area contributed by atoms with Gasteiger partial charge in [-0.3, -0.25) is 9.78 Å². The highest BCUT2D eigenvalue weighted by molar-refractivity contribution is 5.76. The van der Waals surface area contributed by atoms with Crippen LogP contribution in [-0.4, -0.2) is 42.2 Å². The first kappa shape index (κ1) is 15.6. The number of aromatic nitrogens is 1. The largest absolute Gasteiger partial charge is 0.459 e. The molecule has 0 unspecified atom stereocenters. The normalized spacial score (nSPS) is 19.0. The monoisotopic (exact) mass is 265 g/mol. The molecular formula is C14H23N3O2. The molecule has 0 bridgehead atoms. The summed E-state index contributed by atoms with van der Waals surface area (Å²) in [7, 11) is 0. The second-order valence-corrected chi connectivity index (χ2v) is 5.27. The molecular weight excluding hydrogens is 242 g/mol. The number of hydrogen-bond donors (Lipinski definition) is 2.